The fourth-order valence-electron chi connectivity index (χ4n) is 3.17. The molecule has 0 amide bonds. The highest BCUT2D eigenvalue weighted by Gasteiger charge is 2.26. The lowest BCUT2D eigenvalue weighted by Crippen LogP contribution is -2.21. The molecule has 2 nitrogen and oxygen atoms in total. The smallest absolute Gasteiger partial charge is 0.304 e. The maximum absolute atomic E-state index is 11.0. The number of aliphatic carboxylic acids is 1. The molecule has 0 saturated heterocycles. The fraction of sp³-hybridized carbons (Fsp3) is 0.588. The summed E-state index contributed by atoms with van der Waals surface area (Å²) in [5.41, 5.74) is 2.14. The zero-order valence-electron chi connectivity index (χ0n) is 12.3. The third-order valence-electron chi connectivity index (χ3n) is 4.42. The summed E-state index contributed by atoms with van der Waals surface area (Å²) < 4.78 is 1.14. The second-order valence-electron chi connectivity index (χ2n) is 6.53. The predicted molar refractivity (Wildman–Crippen MR) is 85.2 cm³/mol. The molecule has 3 heteroatoms. The molecule has 110 valence electrons. The van der Waals surface area contributed by atoms with Crippen LogP contribution in [0.25, 0.3) is 0 Å². The zero-order valence-corrected chi connectivity index (χ0v) is 13.9. The van der Waals surface area contributed by atoms with Crippen molar-refractivity contribution < 1.29 is 9.90 Å². The molecule has 2 rings (SSSR count). The van der Waals surface area contributed by atoms with E-state index in [9.17, 15) is 4.79 Å². The summed E-state index contributed by atoms with van der Waals surface area (Å²) in [6, 6.07) is 6.42. The molecule has 0 aliphatic heterocycles. The van der Waals surface area contributed by atoms with Crippen LogP contribution in [0, 0.1) is 0 Å². The van der Waals surface area contributed by atoms with Crippen molar-refractivity contribution in [3.8, 4) is 0 Å². The minimum absolute atomic E-state index is 0.155. The molecule has 0 spiro atoms. The summed E-state index contributed by atoms with van der Waals surface area (Å²) in [7, 11) is 0. The van der Waals surface area contributed by atoms with Crippen LogP contribution >= 0.6 is 15.9 Å². The Labute approximate surface area is 129 Å². The topological polar surface area (TPSA) is 37.3 Å². The highest BCUT2D eigenvalue weighted by atomic mass is 79.9. The third kappa shape index (κ3) is 3.63. The highest BCUT2D eigenvalue weighted by molar-refractivity contribution is 9.10. The minimum Gasteiger partial charge on any atom is -0.481 e. The standard InChI is InChI=1S/C17H23BrO2/c1-17(2,11-16(19)20)13-8-9-14(15(18)10-13)12-6-4-3-5-7-12/h8-10,12H,3-7,11H2,1-2H3,(H,19,20). The van der Waals surface area contributed by atoms with E-state index >= 15 is 0 Å². The van der Waals surface area contributed by atoms with Gasteiger partial charge in [0.1, 0.15) is 0 Å². The van der Waals surface area contributed by atoms with Gasteiger partial charge in [-0.25, -0.2) is 0 Å². The molecule has 0 aromatic heterocycles. The maximum Gasteiger partial charge on any atom is 0.304 e. The summed E-state index contributed by atoms with van der Waals surface area (Å²) in [4.78, 5) is 11.0. The van der Waals surface area contributed by atoms with E-state index in [-0.39, 0.29) is 11.8 Å². The van der Waals surface area contributed by atoms with Gasteiger partial charge in [0.15, 0.2) is 0 Å². The van der Waals surface area contributed by atoms with Gasteiger partial charge in [0.2, 0.25) is 0 Å². The van der Waals surface area contributed by atoms with Gasteiger partial charge >= 0.3 is 5.97 Å². The van der Waals surface area contributed by atoms with Crippen LogP contribution in [0.2, 0.25) is 0 Å². The van der Waals surface area contributed by atoms with Gasteiger partial charge < -0.3 is 5.11 Å². The van der Waals surface area contributed by atoms with Crippen LogP contribution in [0.3, 0.4) is 0 Å². The largest absolute Gasteiger partial charge is 0.481 e. The Hall–Kier alpha value is -0.830. The zero-order chi connectivity index (χ0) is 14.8. The van der Waals surface area contributed by atoms with Crippen LogP contribution in [-0.2, 0) is 10.2 Å². The lowest BCUT2D eigenvalue weighted by molar-refractivity contribution is -0.138. The molecule has 1 saturated carbocycles. The number of rotatable bonds is 4. The van der Waals surface area contributed by atoms with E-state index in [1.54, 1.807) is 0 Å². The average molecular weight is 339 g/mol. The van der Waals surface area contributed by atoms with Gasteiger partial charge in [-0.15, -0.1) is 0 Å². The summed E-state index contributed by atoms with van der Waals surface area (Å²) in [5, 5.41) is 9.03. The Morgan fingerprint density at radius 2 is 1.95 bits per heavy atom. The first-order valence-electron chi connectivity index (χ1n) is 7.42. The van der Waals surface area contributed by atoms with Gasteiger partial charge in [0.05, 0.1) is 6.42 Å². The third-order valence-corrected chi connectivity index (χ3v) is 5.11. The van der Waals surface area contributed by atoms with Crippen molar-refractivity contribution in [2.45, 2.75) is 63.7 Å². The van der Waals surface area contributed by atoms with Crippen molar-refractivity contribution in [3.63, 3.8) is 0 Å². The first kappa shape index (κ1) is 15.6. The Kier molecular flexibility index (Phi) is 4.90. The van der Waals surface area contributed by atoms with Gasteiger partial charge in [-0.2, -0.15) is 0 Å². The molecule has 1 aromatic rings. The van der Waals surface area contributed by atoms with E-state index in [1.807, 2.05) is 13.8 Å². The maximum atomic E-state index is 11.0. The summed E-state index contributed by atoms with van der Waals surface area (Å²) in [6.07, 6.45) is 6.71. The Morgan fingerprint density at radius 1 is 1.30 bits per heavy atom. The Bertz CT molecular complexity index is 488. The molecular weight excluding hydrogens is 316 g/mol. The van der Waals surface area contributed by atoms with Crippen molar-refractivity contribution in [1.82, 2.24) is 0 Å². The van der Waals surface area contributed by atoms with Gasteiger partial charge in [0, 0.05) is 9.89 Å². The van der Waals surface area contributed by atoms with Crippen LogP contribution in [0.15, 0.2) is 22.7 Å². The number of benzene rings is 1. The molecule has 1 aliphatic carbocycles. The molecule has 1 aliphatic rings. The van der Waals surface area contributed by atoms with Crippen molar-refractivity contribution in [2.75, 3.05) is 0 Å². The number of hydrogen-bond donors (Lipinski definition) is 1. The van der Waals surface area contributed by atoms with Gasteiger partial charge in [-0.05, 0) is 36.0 Å². The molecule has 1 N–H and O–H groups in total. The highest BCUT2D eigenvalue weighted by Crippen LogP contribution is 2.38. The number of halogens is 1. The summed E-state index contributed by atoms with van der Waals surface area (Å²) >= 11 is 3.69. The van der Waals surface area contributed by atoms with E-state index in [0.717, 1.165) is 10.0 Å². The SMILES string of the molecule is CC(C)(CC(=O)O)c1ccc(C2CCCCC2)c(Br)c1. The number of hydrogen-bond acceptors (Lipinski definition) is 1. The minimum atomic E-state index is -0.748. The molecule has 0 unspecified atom stereocenters. The molecule has 0 heterocycles. The number of carbonyl (C=O) groups is 1. The van der Waals surface area contributed by atoms with Gasteiger partial charge in [0.25, 0.3) is 0 Å². The normalized spacial score (nSPS) is 17.1. The van der Waals surface area contributed by atoms with Gasteiger partial charge in [-0.3, -0.25) is 4.79 Å². The Balaban J connectivity index is 2.22. The van der Waals surface area contributed by atoms with Crippen LogP contribution < -0.4 is 0 Å². The lowest BCUT2D eigenvalue weighted by Gasteiger charge is -2.27. The molecule has 0 radical (unpaired) electrons. The Morgan fingerprint density at radius 3 is 2.50 bits per heavy atom. The second-order valence-corrected chi connectivity index (χ2v) is 7.38. The van der Waals surface area contributed by atoms with Crippen molar-refractivity contribution in [2.24, 2.45) is 0 Å². The van der Waals surface area contributed by atoms with E-state index in [1.165, 1.54) is 37.7 Å². The second kappa shape index (κ2) is 6.30. The molecule has 1 aromatic carbocycles. The summed E-state index contributed by atoms with van der Waals surface area (Å²) in [5.74, 6) is -0.0859. The first-order chi connectivity index (χ1) is 9.40. The van der Waals surface area contributed by atoms with E-state index < -0.39 is 5.97 Å². The van der Waals surface area contributed by atoms with Crippen LogP contribution in [0.5, 0.6) is 0 Å². The predicted octanol–water partition coefficient (Wildman–Crippen LogP) is 5.25. The summed E-state index contributed by atoms with van der Waals surface area (Å²) in [6.45, 7) is 3.98. The monoisotopic (exact) mass is 338 g/mol. The molecular formula is C17H23BrO2. The van der Waals surface area contributed by atoms with Crippen LogP contribution in [-0.4, -0.2) is 11.1 Å². The van der Waals surface area contributed by atoms with E-state index in [2.05, 4.69) is 34.1 Å². The van der Waals surface area contributed by atoms with E-state index in [4.69, 9.17) is 5.11 Å². The average Bonchev–Trinajstić information content (AvgIpc) is 2.38. The lowest BCUT2D eigenvalue weighted by atomic mass is 9.79. The van der Waals surface area contributed by atoms with Crippen molar-refractivity contribution in [3.05, 3.63) is 33.8 Å². The molecule has 1 fully saturated rings. The molecule has 20 heavy (non-hydrogen) atoms. The van der Waals surface area contributed by atoms with Crippen molar-refractivity contribution in [1.29, 1.82) is 0 Å². The number of carboxylic acids is 1. The first-order valence-corrected chi connectivity index (χ1v) is 8.21. The fourth-order valence-corrected chi connectivity index (χ4v) is 3.88. The molecule has 0 bridgehead atoms. The van der Waals surface area contributed by atoms with Gasteiger partial charge in [-0.1, -0.05) is 61.2 Å². The van der Waals surface area contributed by atoms with Crippen LogP contribution in [0.4, 0.5) is 0 Å². The van der Waals surface area contributed by atoms with Crippen molar-refractivity contribution >= 4 is 21.9 Å². The molecule has 0 atom stereocenters. The van der Waals surface area contributed by atoms with E-state index in [0.29, 0.717) is 5.92 Å². The number of carboxylic acid groups (broad SMARTS) is 1. The quantitative estimate of drug-likeness (QED) is 0.813. The van der Waals surface area contributed by atoms with Crippen LogP contribution in [0.1, 0.15) is 69.4 Å².